The van der Waals surface area contributed by atoms with E-state index >= 15 is 0 Å². The van der Waals surface area contributed by atoms with Gasteiger partial charge in [0.25, 0.3) is 5.91 Å². The number of amides is 1. The average molecular weight is 296 g/mol. The van der Waals surface area contributed by atoms with Crippen LogP contribution in [0.15, 0.2) is 22.7 Å². The first-order chi connectivity index (χ1) is 8.08. The zero-order chi connectivity index (χ0) is 12.4. The maximum absolute atomic E-state index is 12.3. The predicted molar refractivity (Wildman–Crippen MR) is 73.2 cm³/mol. The second-order valence-corrected chi connectivity index (χ2v) is 5.79. The zero-order valence-electron chi connectivity index (χ0n) is 10.4. The summed E-state index contributed by atoms with van der Waals surface area (Å²) in [6.45, 7) is 6.06. The van der Waals surface area contributed by atoms with Crippen LogP contribution in [-0.4, -0.2) is 23.9 Å². The molecule has 1 heterocycles. The molecule has 17 heavy (non-hydrogen) atoms. The molecule has 2 rings (SSSR count). The zero-order valence-corrected chi connectivity index (χ0v) is 12.0. The van der Waals surface area contributed by atoms with Crippen LogP contribution in [0.2, 0.25) is 0 Å². The molecule has 1 aliphatic rings. The van der Waals surface area contributed by atoms with Gasteiger partial charge in [-0.25, -0.2) is 0 Å². The quantitative estimate of drug-likeness (QED) is 0.775. The standard InChI is InChI=1S/C14H18BrNO/c1-10-5-7-16(8-6-10)14(17)12-3-4-13(15)11(2)9-12/h3-4,9-10H,5-8H2,1-2H3. The number of hydrogen-bond donors (Lipinski definition) is 0. The first-order valence-corrected chi connectivity index (χ1v) is 6.92. The molecule has 1 fully saturated rings. The molecule has 0 N–H and O–H groups in total. The van der Waals surface area contributed by atoms with Gasteiger partial charge in [0.1, 0.15) is 0 Å². The lowest BCUT2D eigenvalue weighted by Crippen LogP contribution is -2.37. The molecule has 0 saturated carbocycles. The Morgan fingerprint density at radius 3 is 2.59 bits per heavy atom. The van der Waals surface area contributed by atoms with Crippen molar-refractivity contribution in [2.45, 2.75) is 26.7 Å². The summed E-state index contributed by atoms with van der Waals surface area (Å²) in [6.07, 6.45) is 2.25. The van der Waals surface area contributed by atoms with Crippen LogP contribution in [0.1, 0.15) is 35.7 Å². The number of halogens is 1. The van der Waals surface area contributed by atoms with Crippen LogP contribution in [0.3, 0.4) is 0 Å². The molecule has 0 atom stereocenters. The second kappa shape index (κ2) is 5.21. The smallest absolute Gasteiger partial charge is 0.253 e. The van der Waals surface area contributed by atoms with E-state index in [1.54, 1.807) is 0 Å². The van der Waals surface area contributed by atoms with E-state index in [4.69, 9.17) is 0 Å². The van der Waals surface area contributed by atoms with Crippen LogP contribution in [0.5, 0.6) is 0 Å². The summed E-state index contributed by atoms with van der Waals surface area (Å²) >= 11 is 3.46. The Morgan fingerprint density at radius 1 is 1.35 bits per heavy atom. The monoisotopic (exact) mass is 295 g/mol. The average Bonchev–Trinajstić information content (AvgIpc) is 2.33. The second-order valence-electron chi connectivity index (χ2n) is 4.94. The van der Waals surface area contributed by atoms with Crippen LogP contribution in [-0.2, 0) is 0 Å². The van der Waals surface area contributed by atoms with Gasteiger partial charge in [-0.15, -0.1) is 0 Å². The molecule has 0 unspecified atom stereocenters. The number of nitrogens with zero attached hydrogens (tertiary/aromatic N) is 1. The molecule has 92 valence electrons. The van der Waals surface area contributed by atoms with Crippen molar-refractivity contribution in [3.63, 3.8) is 0 Å². The SMILES string of the molecule is Cc1cc(C(=O)N2CCC(C)CC2)ccc1Br. The highest BCUT2D eigenvalue weighted by Gasteiger charge is 2.21. The third-order valence-electron chi connectivity index (χ3n) is 3.48. The van der Waals surface area contributed by atoms with E-state index in [2.05, 4.69) is 22.9 Å². The summed E-state index contributed by atoms with van der Waals surface area (Å²) in [5.74, 6) is 0.929. The molecule has 0 aromatic heterocycles. The van der Waals surface area contributed by atoms with Gasteiger partial charge in [0.2, 0.25) is 0 Å². The molecule has 3 heteroatoms. The molecule has 2 nitrogen and oxygen atoms in total. The van der Waals surface area contributed by atoms with Crippen molar-refractivity contribution < 1.29 is 4.79 Å². The van der Waals surface area contributed by atoms with Gasteiger partial charge in [0.05, 0.1) is 0 Å². The Balaban J connectivity index is 2.11. The van der Waals surface area contributed by atoms with Crippen molar-refractivity contribution in [2.75, 3.05) is 13.1 Å². The number of rotatable bonds is 1. The van der Waals surface area contributed by atoms with E-state index in [0.29, 0.717) is 0 Å². The highest BCUT2D eigenvalue weighted by molar-refractivity contribution is 9.10. The lowest BCUT2D eigenvalue weighted by molar-refractivity contribution is 0.0697. The van der Waals surface area contributed by atoms with Crippen molar-refractivity contribution >= 4 is 21.8 Å². The van der Waals surface area contributed by atoms with Crippen LogP contribution < -0.4 is 0 Å². The van der Waals surface area contributed by atoms with Crippen LogP contribution in [0.4, 0.5) is 0 Å². The molecular weight excluding hydrogens is 278 g/mol. The Kier molecular flexibility index (Phi) is 3.87. The van der Waals surface area contributed by atoms with Crippen molar-refractivity contribution in [2.24, 2.45) is 5.92 Å². The molecule has 0 aliphatic carbocycles. The number of likely N-dealkylation sites (tertiary alicyclic amines) is 1. The van der Waals surface area contributed by atoms with E-state index in [0.717, 1.165) is 47.4 Å². The van der Waals surface area contributed by atoms with E-state index in [1.807, 2.05) is 30.0 Å². The largest absolute Gasteiger partial charge is 0.339 e. The molecule has 1 aromatic rings. The molecule has 0 spiro atoms. The van der Waals surface area contributed by atoms with Crippen LogP contribution >= 0.6 is 15.9 Å². The summed E-state index contributed by atoms with van der Waals surface area (Å²) in [6, 6.07) is 5.82. The Morgan fingerprint density at radius 2 is 2.00 bits per heavy atom. The fourth-order valence-electron chi connectivity index (χ4n) is 2.17. The van der Waals surface area contributed by atoms with Crippen molar-refractivity contribution in [3.8, 4) is 0 Å². The van der Waals surface area contributed by atoms with E-state index < -0.39 is 0 Å². The number of aryl methyl sites for hydroxylation is 1. The summed E-state index contributed by atoms with van der Waals surface area (Å²) in [5, 5.41) is 0. The van der Waals surface area contributed by atoms with Gasteiger partial charge in [-0.05, 0) is 49.4 Å². The number of piperidine rings is 1. The maximum Gasteiger partial charge on any atom is 0.253 e. The summed E-state index contributed by atoms with van der Waals surface area (Å²) < 4.78 is 1.06. The lowest BCUT2D eigenvalue weighted by atomic mass is 9.98. The minimum atomic E-state index is 0.174. The Labute approximate surface area is 111 Å². The van der Waals surface area contributed by atoms with Crippen LogP contribution in [0, 0.1) is 12.8 Å². The van der Waals surface area contributed by atoms with Gasteiger partial charge in [-0.2, -0.15) is 0 Å². The molecule has 1 aromatic carbocycles. The Bertz CT molecular complexity index is 422. The molecule has 1 aliphatic heterocycles. The fourth-order valence-corrected chi connectivity index (χ4v) is 2.42. The topological polar surface area (TPSA) is 20.3 Å². The maximum atomic E-state index is 12.3. The fraction of sp³-hybridized carbons (Fsp3) is 0.500. The number of carbonyl (C=O) groups excluding carboxylic acids is 1. The molecule has 0 radical (unpaired) electrons. The van der Waals surface area contributed by atoms with Gasteiger partial charge in [-0.3, -0.25) is 4.79 Å². The summed E-state index contributed by atoms with van der Waals surface area (Å²) in [7, 11) is 0. The van der Waals surface area contributed by atoms with Crippen LogP contribution in [0.25, 0.3) is 0 Å². The first-order valence-electron chi connectivity index (χ1n) is 6.13. The normalized spacial score (nSPS) is 17.2. The lowest BCUT2D eigenvalue weighted by Gasteiger charge is -2.30. The Hall–Kier alpha value is -0.830. The molecular formula is C14H18BrNO. The minimum absolute atomic E-state index is 0.174. The van der Waals surface area contributed by atoms with Crippen molar-refractivity contribution in [1.29, 1.82) is 0 Å². The first kappa shape index (κ1) is 12.6. The highest BCUT2D eigenvalue weighted by Crippen LogP contribution is 2.21. The molecule has 1 amide bonds. The van der Waals surface area contributed by atoms with Gasteiger partial charge >= 0.3 is 0 Å². The number of carbonyl (C=O) groups is 1. The van der Waals surface area contributed by atoms with E-state index in [-0.39, 0.29) is 5.91 Å². The van der Waals surface area contributed by atoms with E-state index in [9.17, 15) is 4.79 Å². The third-order valence-corrected chi connectivity index (χ3v) is 4.37. The summed E-state index contributed by atoms with van der Waals surface area (Å²) in [4.78, 5) is 14.3. The number of benzene rings is 1. The van der Waals surface area contributed by atoms with Gasteiger partial charge in [0, 0.05) is 23.1 Å². The molecule has 0 bridgehead atoms. The van der Waals surface area contributed by atoms with Gasteiger partial charge in [-0.1, -0.05) is 22.9 Å². The third kappa shape index (κ3) is 2.89. The van der Waals surface area contributed by atoms with E-state index in [1.165, 1.54) is 0 Å². The van der Waals surface area contributed by atoms with Crippen molar-refractivity contribution in [1.82, 2.24) is 4.90 Å². The summed E-state index contributed by atoms with van der Waals surface area (Å²) in [5.41, 5.74) is 1.92. The number of hydrogen-bond acceptors (Lipinski definition) is 1. The van der Waals surface area contributed by atoms with Gasteiger partial charge < -0.3 is 4.90 Å². The molecule has 1 saturated heterocycles. The highest BCUT2D eigenvalue weighted by atomic mass is 79.9. The van der Waals surface area contributed by atoms with Gasteiger partial charge in [0.15, 0.2) is 0 Å². The minimum Gasteiger partial charge on any atom is -0.339 e. The van der Waals surface area contributed by atoms with Crippen molar-refractivity contribution in [3.05, 3.63) is 33.8 Å². The predicted octanol–water partition coefficient (Wildman–Crippen LogP) is 3.63.